The minimum absolute atomic E-state index is 0.0131. The zero-order chi connectivity index (χ0) is 29.2. The quantitative estimate of drug-likeness (QED) is 0.108. The van der Waals surface area contributed by atoms with Gasteiger partial charge in [0.1, 0.15) is 6.04 Å². The number of carbonyl (C=O) groups is 2. The first-order valence-electron chi connectivity index (χ1n) is 12.4. The number of nitro groups is 1. The van der Waals surface area contributed by atoms with Gasteiger partial charge in [-0.05, 0) is 41.7 Å². The number of nitrogens with two attached hydrogens (primary N) is 3. The van der Waals surface area contributed by atoms with Gasteiger partial charge in [-0.1, -0.05) is 66.7 Å². The molecule has 2 amide bonds. The number of aromatic hydroxyl groups is 1. The van der Waals surface area contributed by atoms with E-state index in [1.54, 1.807) is 12.1 Å². The fourth-order valence-corrected chi connectivity index (χ4v) is 4.40. The van der Waals surface area contributed by atoms with Crippen molar-refractivity contribution in [3.8, 4) is 11.5 Å². The summed E-state index contributed by atoms with van der Waals surface area (Å²) in [5.41, 5.74) is 19.4. The van der Waals surface area contributed by atoms with Crippen LogP contribution in [0.15, 0.2) is 84.0 Å². The Hall–Kier alpha value is -4.97. The molecule has 0 spiro atoms. The van der Waals surface area contributed by atoms with Gasteiger partial charge in [-0.25, -0.2) is 10.1 Å². The highest BCUT2D eigenvalue weighted by atomic mass is 16.7. The molecule has 7 N–H and O–H groups in total. The Morgan fingerprint density at radius 2 is 1.57 bits per heavy atom. The summed E-state index contributed by atoms with van der Waals surface area (Å²) in [6.07, 6.45) is -0.0531. The van der Waals surface area contributed by atoms with Crippen LogP contribution >= 0.6 is 0 Å². The first-order valence-corrected chi connectivity index (χ1v) is 12.4. The van der Waals surface area contributed by atoms with Crippen molar-refractivity contribution in [3.63, 3.8) is 0 Å². The summed E-state index contributed by atoms with van der Waals surface area (Å²) < 4.78 is 5.21. The lowest BCUT2D eigenvalue weighted by Crippen LogP contribution is -2.50. The molecule has 0 aliphatic rings. The molecule has 40 heavy (non-hydrogen) atoms. The number of ether oxygens (including phenoxy) is 1. The summed E-state index contributed by atoms with van der Waals surface area (Å²) >= 11 is 0. The van der Waals surface area contributed by atoms with Gasteiger partial charge in [-0.3, -0.25) is 9.59 Å². The fraction of sp³-hybridized carbons (Fsp3) is 0.250. The molecule has 0 radical (unpaired) electrons. The first-order chi connectivity index (χ1) is 19.1. The van der Waals surface area contributed by atoms with Crippen molar-refractivity contribution in [2.45, 2.75) is 37.4 Å². The maximum absolute atomic E-state index is 14.4. The number of amides is 2. The van der Waals surface area contributed by atoms with Crippen LogP contribution in [0.5, 0.6) is 11.5 Å². The van der Waals surface area contributed by atoms with E-state index >= 15 is 0 Å². The van der Waals surface area contributed by atoms with Crippen LogP contribution in [0.4, 0.5) is 0 Å². The number of primary amides is 1. The molecule has 0 saturated carbocycles. The first kappa shape index (κ1) is 29.6. The topological polar surface area (TPSA) is 200 Å². The summed E-state index contributed by atoms with van der Waals surface area (Å²) in [5, 5.41) is 22.8. The van der Waals surface area contributed by atoms with E-state index in [2.05, 4.69) is 5.10 Å². The molecule has 0 heterocycles. The van der Waals surface area contributed by atoms with E-state index in [9.17, 15) is 24.8 Å². The smallest absolute Gasteiger partial charge is 0.240 e. The zero-order valence-electron chi connectivity index (χ0n) is 21.9. The van der Waals surface area contributed by atoms with E-state index in [0.717, 1.165) is 0 Å². The van der Waals surface area contributed by atoms with Gasteiger partial charge in [0.25, 0.3) is 0 Å². The molecule has 3 aromatic carbocycles. The Bertz CT molecular complexity index is 1310. The van der Waals surface area contributed by atoms with Gasteiger partial charge >= 0.3 is 0 Å². The van der Waals surface area contributed by atoms with Crippen molar-refractivity contribution >= 4 is 17.6 Å². The number of hydrogen-bond acceptors (Lipinski definition) is 7. The third-order valence-electron chi connectivity index (χ3n) is 6.43. The van der Waals surface area contributed by atoms with Crippen molar-refractivity contribution in [3.05, 3.63) is 106 Å². The number of phenols is 1. The molecule has 0 aliphatic carbocycles. The third kappa shape index (κ3) is 7.54. The van der Waals surface area contributed by atoms with E-state index < -0.39 is 40.7 Å². The number of benzene rings is 3. The van der Waals surface area contributed by atoms with Crippen molar-refractivity contribution in [1.82, 2.24) is 4.90 Å². The van der Waals surface area contributed by atoms with Crippen molar-refractivity contribution in [2.75, 3.05) is 7.11 Å². The molecular weight excluding hydrogens is 516 g/mol. The van der Waals surface area contributed by atoms with E-state index in [1.165, 1.54) is 18.1 Å². The van der Waals surface area contributed by atoms with E-state index in [-0.39, 0.29) is 30.9 Å². The second kappa shape index (κ2) is 13.7. The molecule has 210 valence electrons. The molecule has 12 nitrogen and oxygen atoms in total. The van der Waals surface area contributed by atoms with Gasteiger partial charge in [0.05, 0.1) is 24.2 Å². The molecule has 12 heteroatoms. The molecule has 3 aromatic rings. The molecule has 0 aliphatic heterocycles. The van der Waals surface area contributed by atoms with Crippen LogP contribution in [0.2, 0.25) is 0 Å². The second-order valence-corrected chi connectivity index (χ2v) is 9.09. The molecule has 0 aromatic heterocycles. The van der Waals surface area contributed by atoms with Gasteiger partial charge in [-0.15, -0.1) is 0 Å². The van der Waals surface area contributed by atoms with Crippen LogP contribution < -0.4 is 21.9 Å². The average Bonchev–Trinajstić information content (AvgIpc) is 2.94. The molecule has 1 unspecified atom stereocenters. The maximum atomic E-state index is 14.4. The van der Waals surface area contributed by atoms with E-state index in [0.29, 0.717) is 16.7 Å². The van der Waals surface area contributed by atoms with E-state index in [1.807, 2.05) is 60.7 Å². The summed E-state index contributed by atoms with van der Waals surface area (Å²) in [6, 6.07) is 20.6. The number of carbonyl (C=O) groups excluding carboxylic acids is 2. The molecule has 3 rings (SSSR count). The number of hydrogen-bond donors (Lipinski definition) is 4. The van der Waals surface area contributed by atoms with Gasteiger partial charge in [0.15, 0.2) is 22.4 Å². The minimum atomic E-state index is -1.16. The summed E-state index contributed by atoms with van der Waals surface area (Å²) in [6.45, 7) is -0.0625. The van der Waals surface area contributed by atoms with Crippen LogP contribution in [-0.2, 0) is 16.1 Å². The lowest BCUT2D eigenvalue weighted by atomic mass is 9.89. The molecule has 2 atom stereocenters. The SMILES string of the molecule is COc1cc(CN(C(=O)C(c2ccccc2)c2ccccc2)[C@@H](CCC(N)C(N)=N[N+](=O)[O-])C(N)=O)ccc1O. The van der Waals surface area contributed by atoms with Crippen LogP contribution in [0, 0.1) is 10.1 Å². The molecular formula is C28H32N6O6. The summed E-state index contributed by atoms with van der Waals surface area (Å²) in [5.74, 6) is -2.30. The highest BCUT2D eigenvalue weighted by molar-refractivity contribution is 5.92. The van der Waals surface area contributed by atoms with Gasteiger partial charge in [0, 0.05) is 6.54 Å². The van der Waals surface area contributed by atoms with Crippen LogP contribution in [0.1, 0.15) is 35.4 Å². The summed E-state index contributed by atoms with van der Waals surface area (Å²) in [4.78, 5) is 39.3. The largest absolute Gasteiger partial charge is 0.504 e. The highest BCUT2D eigenvalue weighted by Gasteiger charge is 2.35. The Morgan fingerprint density at radius 1 is 1.00 bits per heavy atom. The highest BCUT2D eigenvalue weighted by Crippen LogP contribution is 2.31. The Balaban J connectivity index is 2.07. The van der Waals surface area contributed by atoms with Gasteiger partial charge in [-0.2, -0.15) is 0 Å². The van der Waals surface area contributed by atoms with Gasteiger partial charge < -0.3 is 31.9 Å². The lowest BCUT2D eigenvalue weighted by Gasteiger charge is -2.34. The van der Waals surface area contributed by atoms with Crippen molar-refractivity contribution in [1.29, 1.82) is 0 Å². The Labute approximate surface area is 231 Å². The molecule has 0 bridgehead atoms. The number of amidine groups is 1. The zero-order valence-corrected chi connectivity index (χ0v) is 21.9. The third-order valence-corrected chi connectivity index (χ3v) is 6.43. The normalized spacial score (nSPS) is 12.9. The molecule has 0 fully saturated rings. The predicted molar refractivity (Wildman–Crippen MR) is 149 cm³/mol. The number of nitrogens with zero attached hydrogens (tertiary/aromatic N) is 3. The minimum Gasteiger partial charge on any atom is -0.504 e. The average molecular weight is 549 g/mol. The Morgan fingerprint density at radius 3 is 2.08 bits per heavy atom. The number of methoxy groups -OCH3 is 1. The van der Waals surface area contributed by atoms with Crippen LogP contribution in [0.25, 0.3) is 0 Å². The lowest BCUT2D eigenvalue weighted by molar-refractivity contribution is -0.485. The van der Waals surface area contributed by atoms with Crippen molar-refractivity contribution in [2.24, 2.45) is 22.3 Å². The second-order valence-electron chi connectivity index (χ2n) is 9.09. The summed E-state index contributed by atoms with van der Waals surface area (Å²) in [7, 11) is 1.40. The van der Waals surface area contributed by atoms with Crippen LogP contribution in [-0.4, -0.2) is 51.9 Å². The fourth-order valence-electron chi connectivity index (χ4n) is 4.40. The molecule has 0 saturated heterocycles. The number of rotatable bonds is 13. The number of phenolic OH excluding ortho intramolecular Hbond substituents is 1. The van der Waals surface area contributed by atoms with E-state index in [4.69, 9.17) is 21.9 Å². The number of hydrazone groups is 1. The van der Waals surface area contributed by atoms with Crippen molar-refractivity contribution < 1.29 is 24.5 Å². The monoisotopic (exact) mass is 548 g/mol. The predicted octanol–water partition coefficient (Wildman–Crippen LogP) is 2.07. The standard InChI is InChI=1S/C28H32N6O6/c1-40-24-16-18(12-15-23(24)35)17-33(22(27(31)36)14-13-21(29)26(30)32-34(38)39)28(37)25(19-8-4-2-5-9-19)20-10-6-3-7-11-20/h2-12,15-16,21-22,25,35H,13-14,17,29H2,1H3,(H2,30,32)(H2,31,36)/t21?,22-/m0/s1. The van der Waals surface area contributed by atoms with Gasteiger partial charge in [0.2, 0.25) is 11.8 Å². The maximum Gasteiger partial charge on any atom is 0.240 e. The van der Waals surface area contributed by atoms with Crippen LogP contribution in [0.3, 0.4) is 0 Å². The Kier molecular flexibility index (Phi) is 10.1.